The van der Waals surface area contributed by atoms with Gasteiger partial charge in [-0.25, -0.2) is 0 Å². The van der Waals surface area contributed by atoms with Crippen molar-refractivity contribution < 1.29 is 4.79 Å². The number of benzene rings is 3. The fourth-order valence-corrected chi connectivity index (χ4v) is 3.73. The van der Waals surface area contributed by atoms with Gasteiger partial charge >= 0.3 is 0 Å². The number of ketones is 1. The van der Waals surface area contributed by atoms with E-state index in [0.29, 0.717) is 21.2 Å². The van der Waals surface area contributed by atoms with Crippen LogP contribution < -0.4 is 0 Å². The van der Waals surface area contributed by atoms with Gasteiger partial charge in [0.1, 0.15) is 0 Å². The maximum Gasteiger partial charge on any atom is 0.163 e. The number of hydrogen-bond acceptors (Lipinski definition) is 2. The number of nitrogens with zero attached hydrogens (tertiary/aromatic N) is 1. The lowest BCUT2D eigenvalue weighted by molar-refractivity contribution is 0.0971. The van der Waals surface area contributed by atoms with E-state index < -0.39 is 5.92 Å². The van der Waals surface area contributed by atoms with Gasteiger partial charge in [0.15, 0.2) is 5.78 Å². The third-order valence-electron chi connectivity index (χ3n) is 4.57. The van der Waals surface area contributed by atoms with Crippen LogP contribution in [0.3, 0.4) is 0 Å². The molecule has 2 nitrogen and oxygen atoms in total. The van der Waals surface area contributed by atoms with Crippen LogP contribution in [0.5, 0.6) is 0 Å². The Labute approximate surface area is 169 Å². The summed E-state index contributed by atoms with van der Waals surface area (Å²) in [6, 6.07) is 26.2. The van der Waals surface area contributed by atoms with Crippen LogP contribution >= 0.6 is 23.2 Å². The molecule has 0 spiro atoms. The Morgan fingerprint density at radius 1 is 0.926 bits per heavy atom. The van der Waals surface area contributed by atoms with E-state index in [0.717, 1.165) is 5.56 Å². The molecule has 0 aliphatic heterocycles. The molecule has 134 valence electrons. The highest BCUT2D eigenvalue weighted by molar-refractivity contribution is 6.35. The Morgan fingerprint density at radius 2 is 1.56 bits per heavy atom. The third kappa shape index (κ3) is 4.57. The summed E-state index contributed by atoms with van der Waals surface area (Å²) in [6.45, 7) is 0. The molecule has 2 atom stereocenters. The topological polar surface area (TPSA) is 40.9 Å². The van der Waals surface area contributed by atoms with Crippen molar-refractivity contribution in [3.8, 4) is 6.07 Å². The van der Waals surface area contributed by atoms with Gasteiger partial charge in [0.2, 0.25) is 0 Å². The number of carbonyl (C=O) groups is 1. The van der Waals surface area contributed by atoms with Gasteiger partial charge in [0.25, 0.3) is 0 Å². The van der Waals surface area contributed by atoms with E-state index in [2.05, 4.69) is 6.07 Å². The summed E-state index contributed by atoms with van der Waals surface area (Å²) < 4.78 is 0. The lowest BCUT2D eigenvalue weighted by atomic mass is 9.78. The Balaban J connectivity index is 2.01. The van der Waals surface area contributed by atoms with Crippen LogP contribution in [-0.4, -0.2) is 5.78 Å². The fraction of sp³-hybridized carbons (Fsp3) is 0.130. The first-order valence-electron chi connectivity index (χ1n) is 8.58. The fourth-order valence-electron chi connectivity index (χ4n) is 3.20. The predicted octanol–water partition coefficient (Wildman–Crippen LogP) is 6.66. The molecule has 0 bridgehead atoms. The first-order valence-corrected chi connectivity index (χ1v) is 9.33. The minimum Gasteiger partial charge on any atom is -0.294 e. The van der Waals surface area contributed by atoms with E-state index in [9.17, 15) is 10.1 Å². The zero-order valence-corrected chi connectivity index (χ0v) is 16.0. The predicted molar refractivity (Wildman–Crippen MR) is 109 cm³/mol. The highest BCUT2D eigenvalue weighted by Crippen LogP contribution is 2.39. The van der Waals surface area contributed by atoms with E-state index in [1.807, 2.05) is 48.5 Å². The minimum atomic E-state index is -0.565. The second kappa shape index (κ2) is 8.86. The Hall–Kier alpha value is -2.60. The molecule has 0 radical (unpaired) electrons. The minimum absolute atomic E-state index is 0.00482. The SMILES string of the molecule is N#C[C@H](c1ccc(Cl)cc1Cl)[C@H](CC(=O)c1ccccc1)c1ccccc1. The van der Waals surface area contributed by atoms with Crippen molar-refractivity contribution in [2.75, 3.05) is 0 Å². The molecule has 0 amide bonds. The highest BCUT2D eigenvalue weighted by Gasteiger charge is 2.29. The molecule has 0 heterocycles. The molecule has 0 unspecified atom stereocenters. The Bertz CT molecular complexity index is 965. The van der Waals surface area contributed by atoms with Crippen molar-refractivity contribution in [3.63, 3.8) is 0 Å². The zero-order valence-electron chi connectivity index (χ0n) is 14.5. The van der Waals surface area contributed by atoms with Gasteiger partial charge in [-0.05, 0) is 23.3 Å². The van der Waals surface area contributed by atoms with E-state index in [4.69, 9.17) is 23.2 Å². The van der Waals surface area contributed by atoms with Gasteiger partial charge in [-0.15, -0.1) is 0 Å². The van der Waals surface area contributed by atoms with Gasteiger partial charge in [0.05, 0.1) is 12.0 Å². The molecule has 0 aromatic heterocycles. The second-order valence-corrected chi connectivity index (χ2v) is 7.13. The molecule has 0 saturated heterocycles. The molecule has 3 aromatic rings. The highest BCUT2D eigenvalue weighted by atomic mass is 35.5. The first-order chi connectivity index (χ1) is 13.1. The quantitative estimate of drug-likeness (QED) is 0.439. The standard InChI is InChI=1S/C23H17Cl2NO/c24-18-11-12-19(22(25)13-18)21(15-26)20(16-7-3-1-4-8-16)14-23(27)17-9-5-2-6-10-17/h1-13,20-21H,14H2/t20-,21-/m1/s1. The first kappa shape index (κ1) is 19.2. The van der Waals surface area contributed by atoms with Gasteiger partial charge in [-0.2, -0.15) is 5.26 Å². The maximum absolute atomic E-state index is 12.9. The molecular formula is C23H17Cl2NO. The lowest BCUT2D eigenvalue weighted by Gasteiger charge is -2.23. The molecule has 0 aliphatic rings. The molecule has 27 heavy (non-hydrogen) atoms. The van der Waals surface area contributed by atoms with Crippen molar-refractivity contribution in [3.05, 3.63) is 106 Å². The summed E-state index contributed by atoms with van der Waals surface area (Å²) in [6.07, 6.45) is 0.214. The zero-order chi connectivity index (χ0) is 19.2. The third-order valence-corrected chi connectivity index (χ3v) is 5.13. The number of halogens is 2. The van der Waals surface area contributed by atoms with Crippen LogP contribution in [0.4, 0.5) is 0 Å². The largest absolute Gasteiger partial charge is 0.294 e. The maximum atomic E-state index is 12.9. The van der Waals surface area contributed by atoms with Crippen LogP contribution in [0.1, 0.15) is 39.7 Å². The van der Waals surface area contributed by atoms with Crippen molar-refractivity contribution in [1.82, 2.24) is 0 Å². The summed E-state index contributed by atoms with van der Waals surface area (Å²) in [5.41, 5.74) is 2.25. The summed E-state index contributed by atoms with van der Waals surface area (Å²) in [4.78, 5) is 12.9. The summed E-state index contributed by atoms with van der Waals surface area (Å²) >= 11 is 12.4. The Morgan fingerprint density at radius 3 is 2.15 bits per heavy atom. The van der Waals surface area contributed by atoms with Crippen LogP contribution in [0, 0.1) is 11.3 Å². The van der Waals surface area contributed by atoms with Crippen LogP contribution in [0.2, 0.25) is 10.0 Å². The molecule has 4 heteroatoms. The van der Waals surface area contributed by atoms with Gasteiger partial charge in [0, 0.05) is 27.9 Å². The average molecular weight is 394 g/mol. The smallest absolute Gasteiger partial charge is 0.163 e. The monoisotopic (exact) mass is 393 g/mol. The average Bonchev–Trinajstić information content (AvgIpc) is 2.70. The summed E-state index contributed by atoms with van der Waals surface area (Å²) in [5.74, 6) is -0.887. The van der Waals surface area contributed by atoms with Crippen molar-refractivity contribution in [2.45, 2.75) is 18.3 Å². The normalized spacial score (nSPS) is 12.8. The second-order valence-electron chi connectivity index (χ2n) is 6.28. The summed E-state index contributed by atoms with van der Waals surface area (Å²) in [5, 5.41) is 10.9. The lowest BCUT2D eigenvalue weighted by Crippen LogP contribution is -2.15. The van der Waals surface area contributed by atoms with E-state index in [-0.39, 0.29) is 18.1 Å². The molecule has 0 N–H and O–H groups in total. The van der Waals surface area contributed by atoms with Gasteiger partial charge in [-0.1, -0.05) is 89.9 Å². The van der Waals surface area contributed by atoms with Crippen molar-refractivity contribution in [2.24, 2.45) is 0 Å². The number of rotatable bonds is 6. The molecule has 3 aromatic carbocycles. The van der Waals surface area contributed by atoms with Crippen molar-refractivity contribution in [1.29, 1.82) is 5.26 Å². The number of nitriles is 1. The van der Waals surface area contributed by atoms with E-state index in [1.54, 1.807) is 30.3 Å². The molecule has 0 aliphatic carbocycles. The van der Waals surface area contributed by atoms with Crippen LogP contribution in [-0.2, 0) is 0 Å². The molecular weight excluding hydrogens is 377 g/mol. The van der Waals surface area contributed by atoms with Crippen molar-refractivity contribution >= 4 is 29.0 Å². The molecule has 0 fully saturated rings. The summed E-state index contributed by atoms with van der Waals surface area (Å²) in [7, 11) is 0. The van der Waals surface area contributed by atoms with Crippen LogP contribution in [0.25, 0.3) is 0 Å². The molecule has 0 saturated carbocycles. The number of hydrogen-bond donors (Lipinski definition) is 0. The van der Waals surface area contributed by atoms with Crippen LogP contribution in [0.15, 0.2) is 78.9 Å². The molecule has 3 rings (SSSR count). The van der Waals surface area contributed by atoms with E-state index >= 15 is 0 Å². The van der Waals surface area contributed by atoms with Gasteiger partial charge in [-0.3, -0.25) is 4.79 Å². The Kier molecular flexibility index (Phi) is 6.29. The van der Waals surface area contributed by atoms with E-state index in [1.165, 1.54) is 0 Å². The number of carbonyl (C=O) groups excluding carboxylic acids is 1. The van der Waals surface area contributed by atoms with Gasteiger partial charge < -0.3 is 0 Å². The number of Topliss-reactive ketones (excluding diaryl/α,β-unsaturated/α-hetero) is 1.